The van der Waals surface area contributed by atoms with E-state index < -0.39 is 0 Å². The lowest BCUT2D eigenvalue weighted by atomic mass is 10.1. The highest BCUT2D eigenvalue weighted by Gasteiger charge is 2.03. The van der Waals surface area contributed by atoms with E-state index in [9.17, 15) is 0 Å². The Morgan fingerprint density at radius 2 is 2.07 bits per heavy atom. The molecular weight excluding hydrogens is 196 g/mol. The van der Waals surface area contributed by atoms with E-state index in [4.69, 9.17) is 11.6 Å². The topological polar surface area (TPSA) is 16.1 Å². The Hall–Kier alpha value is -1.28. The number of fused-ring (bicyclic) bond motifs is 1. The fraction of sp³-hybridized carbons (Fsp3) is 0.182. The van der Waals surface area contributed by atoms with Gasteiger partial charge in [0.15, 0.2) is 0 Å². The summed E-state index contributed by atoms with van der Waals surface area (Å²) in [5, 5.41) is 2.78. The summed E-state index contributed by atoms with van der Waals surface area (Å²) in [6.45, 7) is 0. The monoisotopic (exact) mass is 206 g/mol. The van der Waals surface area contributed by atoms with Crippen LogP contribution in [0, 0.1) is 0 Å². The molecule has 0 saturated heterocycles. The van der Waals surface area contributed by atoms with E-state index in [2.05, 4.69) is 16.0 Å². The highest BCUT2D eigenvalue weighted by Crippen LogP contribution is 2.26. The van der Waals surface area contributed by atoms with E-state index in [1.807, 2.05) is 32.3 Å². The van der Waals surface area contributed by atoms with Crippen LogP contribution in [0.5, 0.6) is 0 Å². The molecule has 0 amide bonds. The molecule has 0 aliphatic heterocycles. The molecule has 1 aromatic heterocycles. The minimum atomic E-state index is 0.534. The lowest BCUT2D eigenvalue weighted by molar-refractivity contribution is 1.14. The first-order chi connectivity index (χ1) is 6.68. The number of anilines is 1. The van der Waals surface area contributed by atoms with Gasteiger partial charge in [-0.3, -0.25) is 0 Å². The van der Waals surface area contributed by atoms with Crippen LogP contribution in [-0.4, -0.2) is 19.1 Å². The van der Waals surface area contributed by atoms with Gasteiger partial charge in [0, 0.05) is 36.8 Å². The van der Waals surface area contributed by atoms with Crippen LogP contribution in [0.25, 0.3) is 10.8 Å². The predicted molar refractivity (Wildman–Crippen MR) is 61.1 cm³/mol. The fourth-order valence-corrected chi connectivity index (χ4v) is 1.68. The van der Waals surface area contributed by atoms with E-state index in [1.54, 1.807) is 6.20 Å². The van der Waals surface area contributed by atoms with Crippen LogP contribution in [0.3, 0.4) is 0 Å². The summed E-state index contributed by atoms with van der Waals surface area (Å²) in [4.78, 5) is 6.12. The first kappa shape index (κ1) is 9.28. The summed E-state index contributed by atoms with van der Waals surface area (Å²) in [7, 11) is 4.03. The van der Waals surface area contributed by atoms with Crippen LogP contribution in [0.1, 0.15) is 0 Å². The maximum atomic E-state index is 5.87. The van der Waals surface area contributed by atoms with E-state index >= 15 is 0 Å². The van der Waals surface area contributed by atoms with Gasteiger partial charge >= 0.3 is 0 Å². The zero-order valence-electron chi connectivity index (χ0n) is 8.16. The number of halogens is 1. The van der Waals surface area contributed by atoms with Crippen LogP contribution in [0.15, 0.2) is 30.5 Å². The van der Waals surface area contributed by atoms with E-state index in [1.165, 1.54) is 0 Å². The maximum absolute atomic E-state index is 5.87. The molecule has 0 aliphatic carbocycles. The first-order valence-electron chi connectivity index (χ1n) is 4.40. The van der Waals surface area contributed by atoms with Gasteiger partial charge in [0.05, 0.1) is 0 Å². The molecule has 0 radical (unpaired) electrons. The molecule has 2 nitrogen and oxygen atoms in total. The lowest BCUT2D eigenvalue weighted by Gasteiger charge is -2.15. The Morgan fingerprint density at radius 1 is 1.29 bits per heavy atom. The summed E-state index contributed by atoms with van der Waals surface area (Å²) in [6.07, 6.45) is 1.80. The zero-order valence-corrected chi connectivity index (χ0v) is 8.92. The molecule has 0 atom stereocenters. The molecule has 0 N–H and O–H groups in total. The van der Waals surface area contributed by atoms with Crippen molar-refractivity contribution in [1.29, 1.82) is 0 Å². The highest BCUT2D eigenvalue weighted by molar-refractivity contribution is 6.30. The second-order valence-corrected chi connectivity index (χ2v) is 3.79. The van der Waals surface area contributed by atoms with Crippen LogP contribution in [0.4, 0.5) is 5.69 Å². The molecule has 0 spiro atoms. The highest BCUT2D eigenvalue weighted by atomic mass is 35.5. The third-order valence-electron chi connectivity index (χ3n) is 2.19. The molecule has 0 bridgehead atoms. The molecule has 0 unspecified atom stereocenters. The van der Waals surface area contributed by atoms with Gasteiger partial charge in [0.2, 0.25) is 0 Å². The second kappa shape index (κ2) is 3.46. The van der Waals surface area contributed by atoms with Crippen molar-refractivity contribution in [3.05, 3.63) is 35.6 Å². The van der Waals surface area contributed by atoms with Crippen LogP contribution in [0.2, 0.25) is 5.15 Å². The number of aromatic nitrogens is 1. The minimum absolute atomic E-state index is 0.534. The van der Waals surface area contributed by atoms with E-state index in [0.29, 0.717) is 5.15 Å². The van der Waals surface area contributed by atoms with Gasteiger partial charge in [-0.05, 0) is 12.1 Å². The average molecular weight is 207 g/mol. The maximum Gasteiger partial charge on any atom is 0.129 e. The summed E-state index contributed by atoms with van der Waals surface area (Å²) in [6, 6.07) is 8.02. The lowest BCUT2D eigenvalue weighted by Crippen LogP contribution is -2.08. The molecule has 1 aromatic carbocycles. The number of hydrogen-bond acceptors (Lipinski definition) is 2. The normalized spacial score (nSPS) is 10.5. The smallest absolute Gasteiger partial charge is 0.129 e. The van der Waals surface area contributed by atoms with Gasteiger partial charge in [-0.15, -0.1) is 0 Å². The number of nitrogens with zero attached hydrogens (tertiary/aromatic N) is 2. The summed E-state index contributed by atoms with van der Waals surface area (Å²) in [5.74, 6) is 0. The molecule has 0 fully saturated rings. The average Bonchev–Trinajstić information content (AvgIpc) is 2.16. The largest absolute Gasteiger partial charge is 0.377 e. The fourth-order valence-electron chi connectivity index (χ4n) is 1.52. The standard InChI is InChI=1S/C11H11ClN2/c1-14(2)10-5-3-4-8-7-13-11(12)6-9(8)10/h3-7H,1-2H3. The Kier molecular flexibility index (Phi) is 2.30. The van der Waals surface area contributed by atoms with Crippen molar-refractivity contribution in [3.63, 3.8) is 0 Å². The van der Waals surface area contributed by atoms with Crippen molar-refractivity contribution in [2.45, 2.75) is 0 Å². The predicted octanol–water partition coefficient (Wildman–Crippen LogP) is 2.95. The van der Waals surface area contributed by atoms with E-state index in [-0.39, 0.29) is 0 Å². The third-order valence-corrected chi connectivity index (χ3v) is 2.40. The number of rotatable bonds is 1. The summed E-state index contributed by atoms with van der Waals surface area (Å²) in [5.41, 5.74) is 1.16. The molecule has 14 heavy (non-hydrogen) atoms. The second-order valence-electron chi connectivity index (χ2n) is 3.40. The SMILES string of the molecule is CN(C)c1cccc2cnc(Cl)cc12. The Labute approximate surface area is 88.1 Å². The van der Waals surface area contributed by atoms with Crippen LogP contribution >= 0.6 is 11.6 Å². The van der Waals surface area contributed by atoms with Crippen LogP contribution < -0.4 is 4.90 Å². The van der Waals surface area contributed by atoms with Crippen molar-refractivity contribution >= 4 is 28.1 Å². The molecule has 0 saturated carbocycles. The molecule has 2 rings (SSSR count). The molecule has 1 heterocycles. The van der Waals surface area contributed by atoms with Crippen molar-refractivity contribution < 1.29 is 0 Å². The number of hydrogen-bond donors (Lipinski definition) is 0. The Balaban J connectivity index is 2.77. The Morgan fingerprint density at radius 3 is 2.79 bits per heavy atom. The van der Waals surface area contributed by atoms with E-state index in [0.717, 1.165) is 16.5 Å². The van der Waals surface area contributed by atoms with Gasteiger partial charge in [-0.25, -0.2) is 4.98 Å². The number of benzene rings is 1. The molecule has 72 valence electrons. The van der Waals surface area contributed by atoms with Gasteiger partial charge in [-0.2, -0.15) is 0 Å². The van der Waals surface area contributed by atoms with Crippen molar-refractivity contribution in [2.75, 3.05) is 19.0 Å². The molecule has 0 aliphatic rings. The first-order valence-corrected chi connectivity index (χ1v) is 4.78. The number of pyridine rings is 1. The third kappa shape index (κ3) is 1.53. The van der Waals surface area contributed by atoms with Crippen molar-refractivity contribution in [2.24, 2.45) is 0 Å². The van der Waals surface area contributed by atoms with Gasteiger partial charge in [0.1, 0.15) is 5.15 Å². The molecule has 2 aromatic rings. The Bertz CT molecular complexity index is 466. The minimum Gasteiger partial charge on any atom is -0.377 e. The van der Waals surface area contributed by atoms with Crippen LogP contribution in [-0.2, 0) is 0 Å². The van der Waals surface area contributed by atoms with Gasteiger partial charge in [0.25, 0.3) is 0 Å². The quantitative estimate of drug-likeness (QED) is 0.667. The summed E-state index contributed by atoms with van der Waals surface area (Å²) < 4.78 is 0. The van der Waals surface area contributed by atoms with Crippen molar-refractivity contribution in [3.8, 4) is 0 Å². The molecular formula is C11H11ClN2. The summed E-state index contributed by atoms with van der Waals surface area (Å²) >= 11 is 5.87. The van der Waals surface area contributed by atoms with Gasteiger partial charge < -0.3 is 4.90 Å². The van der Waals surface area contributed by atoms with Crippen molar-refractivity contribution in [1.82, 2.24) is 4.98 Å². The zero-order chi connectivity index (χ0) is 10.1. The van der Waals surface area contributed by atoms with Gasteiger partial charge in [-0.1, -0.05) is 23.7 Å². The molecule has 3 heteroatoms.